The van der Waals surface area contributed by atoms with Gasteiger partial charge in [-0.1, -0.05) is 6.07 Å². The molecule has 2 fully saturated rings. The summed E-state index contributed by atoms with van der Waals surface area (Å²) in [5.74, 6) is 2.02. The summed E-state index contributed by atoms with van der Waals surface area (Å²) in [7, 11) is 1.69. The molecule has 5 heteroatoms. The molecule has 4 aliphatic rings. The average Bonchev–Trinajstić information content (AvgIpc) is 2.89. The highest BCUT2D eigenvalue weighted by molar-refractivity contribution is 5.67. The van der Waals surface area contributed by atoms with E-state index in [0.717, 1.165) is 43.7 Å². The molecule has 1 saturated carbocycles. The zero-order chi connectivity index (χ0) is 16.5. The monoisotopic (exact) mass is 329 g/mol. The first-order valence-corrected chi connectivity index (χ1v) is 8.92. The van der Waals surface area contributed by atoms with Crippen LogP contribution >= 0.6 is 0 Å². The number of hydrogen-bond donors (Lipinski definition) is 1. The fourth-order valence-electron chi connectivity index (χ4n) is 5.90. The van der Waals surface area contributed by atoms with Gasteiger partial charge in [0.15, 0.2) is 11.5 Å². The van der Waals surface area contributed by atoms with E-state index < -0.39 is 0 Å². The molecule has 1 spiro atoms. The molecule has 1 aromatic rings. The van der Waals surface area contributed by atoms with Crippen LogP contribution in [0.4, 0.5) is 0 Å². The van der Waals surface area contributed by atoms with Gasteiger partial charge in [-0.05, 0) is 49.8 Å². The van der Waals surface area contributed by atoms with Gasteiger partial charge in [-0.15, -0.1) is 0 Å². The predicted molar refractivity (Wildman–Crippen MR) is 87.5 cm³/mol. The predicted octanol–water partition coefficient (Wildman–Crippen LogP) is 1.95. The molecule has 0 radical (unpaired) electrons. The lowest BCUT2D eigenvalue weighted by Gasteiger charge is -2.56. The van der Waals surface area contributed by atoms with Crippen molar-refractivity contribution < 1.29 is 19.0 Å². The molecule has 5 nitrogen and oxygen atoms in total. The molecule has 24 heavy (non-hydrogen) atoms. The number of nitrogens with one attached hydrogen (secondary N) is 1. The molecular formula is C19H23NO4. The molecule has 2 aliphatic carbocycles. The summed E-state index contributed by atoms with van der Waals surface area (Å²) in [5, 5.41) is 3.72. The van der Waals surface area contributed by atoms with Gasteiger partial charge in [0.25, 0.3) is 0 Å². The van der Waals surface area contributed by atoms with Crippen molar-refractivity contribution in [1.29, 1.82) is 0 Å². The van der Waals surface area contributed by atoms with Crippen molar-refractivity contribution in [3.05, 3.63) is 23.3 Å². The first-order chi connectivity index (χ1) is 11.6. The standard InChI is InChI=1S/C19H23NO4/c1-10(21)23-15-6-4-12-13-9-11-3-5-14(22-2)17-16(11)19(12,7-8-20-13)18(15)24-17/h3,5,12-13,15,18,20H,4,6-9H2,1-2H3/t12?,13?,15?,18?,19-/m1/s1. The highest BCUT2D eigenvalue weighted by Gasteiger charge is 2.65. The second-order valence-electron chi connectivity index (χ2n) is 7.56. The quantitative estimate of drug-likeness (QED) is 0.841. The minimum Gasteiger partial charge on any atom is -0.493 e. The number of esters is 1. The van der Waals surface area contributed by atoms with Crippen molar-refractivity contribution in [2.24, 2.45) is 5.92 Å². The second kappa shape index (κ2) is 4.88. The number of methoxy groups -OCH3 is 1. The van der Waals surface area contributed by atoms with Gasteiger partial charge in [-0.25, -0.2) is 0 Å². The van der Waals surface area contributed by atoms with E-state index in [4.69, 9.17) is 14.2 Å². The number of ether oxygens (including phenoxy) is 3. The summed E-state index contributed by atoms with van der Waals surface area (Å²) in [6, 6.07) is 4.70. The van der Waals surface area contributed by atoms with Gasteiger partial charge in [0.2, 0.25) is 0 Å². The fraction of sp³-hybridized carbons (Fsp3) is 0.632. The van der Waals surface area contributed by atoms with Crippen LogP contribution in [-0.2, 0) is 21.4 Å². The Morgan fingerprint density at radius 2 is 2.25 bits per heavy atom. The first kappa shape index (κ1) is 14.6. The highest BCUT2D eigenvalue weighted by Crippen LogP contribution is 2.63. The third-order valence-corrected chi connectivity index (χ3v) is 6.60. The summed E-state index contributed by atoms with van der Waals surface area (Å²) in [4.78, 5) is 11.6. The number of carbonyl (C=O) groups excluding carboxylic acids is 1. The van der Waals surface area contributed by atoms with E-state index >= 15 is 0 Å². The molecule has 4 unspecified atom stereocenters. The average molecular weight is 329 g/mol. The zero-order valence-corrected chi connectivity index (χ0v) is 14.1. The maximum Gasteiger partial charge on any atom is 0.303 e. The van der Waals surface area contributed by atoms with E-state index in [1.54, 1.807) is 7.11 Å². The molecule has 2 heterocycles. The third-order valence-electron chi connectivity index (χ3n) is 6.60. The topological polar surface area (TPSA) is 56.8 Å². The smallest absolute Gasteiger partial charge is 0.303 e. The number of hydrogen-bond acceptors (Lipinski definition) is 5. The minimum atomic E-state index is -0.220. The van der Waals surface area contributed by atoms with Crippen LogP contribution in [0, 0.1) is 5.92 Å². The molecular weight excluding hydrogens is 306 g/mol. The van der Waals surface area contributed by atoms with Crippen LogP contribution in [-0.4, -0.2) is 37.9 Å². The lowest BCUT2D eigenvalue weighted by atomic mass is 9.52. The van der Waals surface area contributed by atoms with Crippen LogP contribution in [0.15, 0.2) is 12.1 Å². The summed E-state index contributed by atoms with van der Waals surface area (Å²) in [6.07, 6.45) is 3.78. The Labute approximate surface area is 141 Å². The number of rotatable bonds is 2. The maximum absolute atomic E-state index is 11.6. The zero-order valence-electron chi connectivity index (χ0n) is 14.1. The second-order valence-corrected chi connectivity index (χ2v) is 7.56. The largest absolute Gasteiger partial charge is 0.493 e. The van der Waals surface area contributed by atoms with E-state index in [1.165, 1.54) is 18.1 Å². The molecule has 5 atom stereocenters. The van der Waals surface area contributed by atoms with E-state index in [9.17, 15) is 4.79 Å². The van der Waals surface area contributed by atoms with Gasteiger partial charge in [-0.3, -0.25) is 4.79 Å². The van der Waals surface area contributed by atoms with Crippen molar-refractivity contribution in [3.8, 4) is 11.5 Å². The van der Waals surface area contributed by atoms with E-state index in [-0.39, 0.29) is 23.6 Å². The molecule has 1 aromatic carbocycles. The van der Waals surface area contributed by atoms with Crippen molar-refractivity contribution in [2.75, 3.05) is 13.7 Å². The summed E-state index contributed by atoms with van der Waals surface area (Å²) < 4.78 is 17.7. The maximum atomic E-state index is 11.6. The van der Waals surface area contributed by atoms with Gasteiger partial charge >= 0.3 is 5.97 Å². The highest BCUT2D eigenvalue weighted by atomic mass is 16.6. The van der Waals surface area contributed by atoms with Crippen molar-refractivity contribution in [1.82, 2.24) is 5.32 Å². The molecule has 2 bridgehead atoms. The molecule has 2 aliphatic heterocycles. The van der Waals surface area contributed by atoms with Gasteiger partial charge in [0.1, 0.15) is 12.2 Å². The van der Waals surface area contributed by atoms with Gasteiger partial charge in [0.05, 0.1) is 7.11 Å². The number of piperidine rings is 1. The summed E-state index contributed by atoms with van der Waals surface area (Å²) >= 11 is 0. The first-order valence-electron chi connectivity index (χ1n) is 8.92. The van der Waals surface area contributed by atoms with Crippen LogP contribution in [0.2, 0.25) is 0 Å². The number of benzene rings is 1. The van der Waals surface area contributed by atoms with Crippen LogP contribution in [0.1, 0.15) is 37.3 Å². The molecule has 5 rings (SSSR count). The number of carbonyl (C=O) groups is 1. The van der Waals surface area contributed by atoms with Gasteiger partial charge in [-0.2, -0.15) is 0 Å². The van der Waals surface area contributed by atoms with Crippen molar-refractivity contribution in [2.45, 2.75) is 56.3 Å². The van der Waals surface area contributed by atoms with E-state index in [2.05, 4.69) is 11.4 Å². The molecule has 128 valence electrons. The molecule has 1 N–H and O–H groups in total. The SMILES string of the molecule is COc1ccc2c3c1OC1C(OC(C)=O)CCC4C(C2)NCC[C@]341. The van der Waals surface area contributed by atoms with Crippen molar-refractivity contribution >= 4 is 5.97 Å². The van der Waals surface area contributed by atoms with E-state index in [0.29, 0.717) is 12.0 Å². The molecule has 1 saturated heterocycles. The Bertz CT molecular complexity index is 718. The van der Waals surface area contributed by atoms with Crippen LogP contribution in [0.25, 0.3) is 0 Å². The Balaban J connectivity index is 1.71. The Morgan fingerprint density at radius 1 is 1.38 bits per heavy atom. The van der Waals surface area contributed by atoms with Gasteiger partial charge in [0, 0.05) is 23.9 Å². The fourth-order valence-corrected chi connectivity index (χ4v) is 5.90. The summed E-state index contributed by atoms with van der Waals surface area (Å²) in [6.45, 7) is 2.48. The Kier molecular flexibility index (Phi) is 2.97. The Morgan fingerprint density at radius 3 is 3.04 bits per heavy atom. The van der Waals surface area contributed by atoms with Gasteiger partial charge < -0.3 is 19.5 Å². The molecule has 0 amide bonds. The van der Waals surface area contributed by atoms with Crippen molar-refractivity contribution in [3.63, 3.8) is 0 Å². The normalized spacial score (nSPS) is 38.1. The Hall–Kier alpha value is -1.75. The van der Waals surface area contributed by atoms with Crippen LogP contribution < -0.4 is 14.8 Å². The van der Waals surface area contributed by atoms with Crippen LogP contribution in [0.3, 0.4) is 0 Å². The molecule has 0 aromatic heterocycles. The third kappa shape index (κ3) is 1.66. The summed E-state index contributed by atoms with van der Waals surface area (Å²) in [5.41, 5.74) is 2.67. The van der Waals surface area contributed by atoms with E-state index in [1.807, 2.05) is 6.07 Å². The lowest BCUT2D eigenvalue weighted by Crippen LogP contribution is -2.66. The van der Waals surface area contributed by atoms with Crippen LogP contribution in [0.5, 0.6) is 11.5 Å². The lowest BCUT2D eigenvalue weighted by molar-refractivity contribution is -0.160. The minimum absolute atomic E-state index is 0.0360.